The van der Waals surface area contributed by atoms with Crippen LogP contribution in [0.1, 0.15) is 50.4 Å². The van der Waals surface area contributed by atoms with Crippen molar-refractivity contribution in [3.8, 4) is 0 Å². The first-order chi connectivity index (χ1) is 12.9. The van der Waals surface area contributed by atoms with Gasteiger partial charge in [-0.05, 0) is 31.5 Å². The number of carbonyl (C=O) groups excluding carboxylic acids is 2. The fourth-order valence-electron chi connectivity index (χ4n) is 3.49. The number of nitrogens with zero attached hydrogens (tertiary/aromatic N) is 1. The van der Waals surface area contributed by atoms with E-state index < -0.39 is 12.1 Å². The maximum Gasteiger partial charge on any atom is 0.339 e. The monoisotopic (exact) mass is 376 g/mol. The number of rotatable bonds is 5. The van der Waals surface area contributed by atoms with Gasteiger partial charge in [0, 0.05) is 18.7 Å². The number of aryl methyl sites for hydroxylation is 1. The van der Waals surface area contributed by atoms with Crippen LogP contribution in [0.25, 0.3) is 0 Å². The SMILES string of the molecule is COC(=O)c1c(C)[nH]c(C(=O)N2CCOC[C@@H]2C[C@H](O)c2ccco2)c1C. The van der Waals surface area contributed by atoms with Gasteiger partial charge < -0.3 is 28.9 Å². The second-order valence-electron chi connectivity index (χ2n) is 6.61. The summed E-state index contributed by atoms with van der Waals surface area (Å²) in [6, 6.07) is 3.09. The second-order valence-corrected chi connectivity index (χ2v) is 6.61. The van der Waals surface area contributed by atoms with Crippen LogP contribution in [-0.2, 0) is 9.47 Å². The minimum Gasteiger partial charge on any atom is -0.467 e. The lowest BCUT2D eigenvalue weighted by molar-refractivity contribution is -0.0198. The topological polar surface area (TPSA) is 105 Å². The highest BCUT2D eigenvalue weighted by atomic mass is 16.5. The zero-order valence-corrected chi connectivity index (χ0v) is 15.7. The van der Waals surface area contributed by atoms with Gasteiger partial charge in [-0.1, -0.05) is 0 Å². The molecule has 0 aliphatic carbocycles. The number of esters is 1. The van der Waals surface area contributed by atoms with E-state index in [1.807, 2.05) is 0 Å². The van der Waals surface area contributed by atoms with Gasteiger partial charge in [0.1, 0.15) is 17.6 Å². The Morgan fingerprint density at radius 2 is 2.22 bits per heavy atom. The van der Waals surface area contributed by atoms with Gasteiger partial charge in [0.05, 0.1) is 38.2 Å². The summed E-state index contributed by atoms with van der Waals surface area (Å²) in [5, 5.41) is 10.4. The van der Waals surface area contributed by atoms with Crippen molar-refractivity contribution in [3.05, 3.63) is 46.7 Å². The molecular formula is C19H24N2O6. The van der Waals surface area contributed by atoms with Crippen LogP contribution < -0.4 is 0 Å². The number of furan rings is 1. The fraction of sp³-hybridized carbons (Fsp3) is 0.474. The number of methoxy groups -OCH3 is 1. The molecule has 2 N–H and O–H groups in total. The number of amides is 1. The number of morpholine rings is 1. The van der Waals surface area contributed by atoms with Crippen molar-refractivity contribution in [1.29, 1.82) is 0 Å². The molecule has 2 aromatic rings. The van der Waals surface area contributed by atoms with Gasteiger partial charge in [-0.3, -0.25) is 4.79 Å². The normalized spacial score (nSPS) is 18.4. The Morgan fingerprint density at radius 3 is 2.89 bits per heavy atom. The van der Waals surface area contributed by atoms with Gasteiger partial charge in [0.25, 0.3) is 5.91 Å². The van der Waals surface area contributed by atoms with Crippen molar-refractivity contribution in [2.45, 2.75) is 32.4 Å². The van der Waals surface area contributed by atoms with E-state index in [2.05, 4.69) is 4.98 Å². The lowest BCUT2D eigenvalue weighted by Gasteiger charge is -2.36. The van der Waals surface area contributed by atoms with E-state index in [1.165, 1.54) is 13.4 Å². The average Bonchev–Trinajstić information content (AvgIpc) is 3.29. The van der Waals surface area contributed by atoms with E-state index in [1.54, 1.807) is 30.9 Å². The highest BCUT2D eigenvalue weighted by molar-refractivity contribution is 6.00. The molecule has 0 bridgehead atoms. The molecule has 8 heteroatoms. The molecule has 3 rings (SSSR count). The molecule has 0 unspecified atom stereocenters. The van der Waals surface area contributed by atoms with Crippen molar-refractivity contribution in [3.63, 3.8) is 0 Å². The molecule has 8 nitrogen and oxygen atoms in total. The smallest absolute Gasteiger partial charge is 0.339 e. The van der Waals surface area contributed by atoms with E-state index in [-0.39, 0.29) is 11.9 Å². The van der Waals surface area contributed by atoms with Crippen LogP contribution in [0.2, 0.25) is 0 Å². The molecule has 3 heterocycles. The number of carbonyl (C=O) groups is 2. The molecule has 0 saturated carbocycles. The third kappa shape index (κ3) is 3.77. The van der Waals surface area contributed by atoms with Crippen LogP contribution in [0, 0.1) is 13.8 Å². The molecule has 1 aliphatic rings. The first kappa shape index (κ1) is 19.2. The summed E-state index contributed by atoms with van der Waals surface area (Å²) in [4.78, 5) is 29.8. The molecule has 27 heavy (non-hydrogen) atoms. The molecule has 1 saturated heterocycles. The quantitative estimate of drug-likeness (QED) is 0.773. The predicted molar refractivity (Wildman–Crippen MR) is 95.5 cm³/mol. The van der Waals surface area contributed by atoms with Crippen LogP contribution in [-0.4, -0.2) is 59.8 Å². The molecule has 2 atom stereocenters. The Bertz CT molecular complexity index is 811. The lowest BCUT2D eigenvalue weighted by Crippen LogP contribution is -2.49. The fourth-order valence-corrected chi connectivity index (χ4v) is 3.49. The predicted octanol–water partition coefficient (Wildman–Crippen LogP) is 1.98. The molecule has 0 aromatic carbocycles. The van der Waals surface area contributed by atoms with E-state index >= 15 is 0 Å². The van der Waals surface area contributed by atoms with E-state index in [0.29, 0.717) is 54.5 Å². The van der Waals surface area contributed by atoms with Crippen LogP contribution >= 0.6 is 0 Å². The number of hydrogen-bond acceptors (Lipinski definition) is 6. The third-order valence-electron chi connectivity index (χ3n) is 4.90. The Balaban J connectivity index is 1.82. The summed E-state index contributed by atoms with van der Waals surface area (Å²) >= 11 is 0. The number of nitrogens with one attached hydrogen (secondary N) is 1. The molecule has 146 valence electrons. The first-order valence-electron chi connectivity index (χ1n) is 8.81. The summed E-state index contributed by atoms with van der Waals surface area (Å²) in [5.41, 5.74) is 1.87. The highest BCUT2D eigenvalue weighted by Gasteiger charge is 2.33. The van der Waals surface area contributed by atoms with Crippen molar-refractivity contribution in [1.82, 2.24) is 9.88 Å². The molecule has 2 aromatic heterocycles. The summed E-state index contributed by atoms with van der Waals surface area (Å²) in [7, 11) is 1.31. The van der Waals surface area contributed by atoms with Crippen molar-refractivity contribution < 1.29 is 28.6 Å². The van der Waals surface area contributed by atoms with Gasteiger partial charge in [-0.15, -0.1) is 0 Å². The molecule has 1 fully saturated rings. The minimum atomic E-state index is -0.834. The van der Waals surface area contributed by atoms with Crippen LogP contribution in [0.3, 0.4) is 0 Å². The largest absolute Gasteiger partial charge is 0.467 e. The summed E-state index contributed by atoms with van der Waals surface area (Å²) < 4.78 is 15.6. The first-order valence-corrected chi connectivity index (χ1v) is 8.81. The second kappa shape index (κ2) is 7.98. The maximum absolute atomic E-state index is 13.2. The van der Waals surface area contributed by atoms with E-state index in [0.717, 1.165) is 0 Å². The highest BCUT2D eigenvalue weighted by Crippen LogP contribution is 2.26. The van der Waals surface area contributed by atoms with Crippen molar-refractivity contribution >= 4 is 11.9 Å². The van der Waals surface area contributed by atoms with Gasteiger partial charge in [-0.25, -0.2) is 4.79 Å². The van der Waals surface area contributed by atoms with Crippen molar-refractivity contribution in [2.24, 2.45) is 0 Å². The summed E-state index contributed by atoms with van der Waals surface area (Å²) in [5.74, 6) is -0.259. The van der Waals surface area contributed by atoms with Crippen molar-refractivity contribution in [2.75, 3.05) is 26.9 Å². The number of aliphatic hydroxyl groups excluding tert-OH is 1. The number of ether oxygens (including phenoxy) is 2. The number of aliphatic hydroxyl groups is 1. The van der Waals surface area contributed by atoms with E-state index in [4.69, 9.17) is 13.9 Å². The lowest BCUT2D eigenvalue weighted by atomic mass is 10.0. The Hall–Kier alpha value is -2.58. The zero-order chi connectivity index (χ0) is 19.6. The number of aromatic amines is 1. The number of H-pyrrole nitrogens is 1. The average molecular weight is 376 g/mol. The Morgan fingerprint density at radius 1 is 1.44 bits per heavy atom. The minimum absolute atomic E-state index is 0.231. The maximum atomic E-state index is 13.2. The molecule has 0 radical (unpaired) electrons. The summed E-state index contributed by atoms with van der Waals surface area (Å²) in [6.45, 7) is 4.59. The summed E-state index contributed by atoms with van der Waals surface area (Å²) in [6.07, 6.45) is 0.958. The van der Waals surface area contributed by atoms with Gasteiger partial charge in [0.15, 0.2) is 0 Å². The molecular weight excluding hydrogens is 352 g/mol. The van der Waals surface area contributed by atoms with Crippen LogP contribution in [0.5, 0.6) is 0 Å². The number of aromatic nitrogens is 1. The molecule has 1 aliphatic heterocycles. The van der Waals surface area contributed by atoms with E-state index in [9.17, 15) is 14.7 Å². The van der Waals surface area contributed by atoms with Crippen LogP contribution in [0.4, 0.5) is 0 Å². The van der Waals surface area contributed by atoms with Gasteiger partial charge in [0.2, 0.25) is 0 Å². The molecule has 1 amide bonds. The van der Waals surface area contributed by atoms with Gasteiger partial charge in [-0.2, -0.15) is 0 Å². The van der Waals surface area contributed by atoms with Gasteiger partial charge >= 0.3 is 5.97 Å². The Kier molecular flexibility index (Phi) is 5.67. The Labute approximate surface area is 157 Å². The zero-order valence-electron chi connectivity index (χ0n) is 15.7. The number of hydrogen-bond donors (Lipinski definition) is 2. The standard InChI is InChI=1S/C19H24N2O6/c1-11-16(19(24)25-3)12(2)20-17(11)18(23)21-6-8-26-10-13(21)9-14(22)15-5-4-7-27-15/h4-5,7,13-14,20,22H,6,8-10H2,1-3H3/t13-,14-/m0/s1. The molecule has 0 spiro atoms. The third-order valence-corrected chi connectivity index (χ3v) is 4.90. The van der Waals surface area contributed by atoms with Crippen LogP contribution in [0.15, 0.2) is 22.8 Å².